The number of nitrogens with zero attached hydrogens (tertiary/aromatic N) is 5. The topological polar surface area (TPSA) is 109 Å². The lowest BCUT2D eigenvalue weighted by Gasteiger charge is -2.16. The van der Waals surface area contributed by atoms with Crippen LogP contribution in [0, 0.1) is 6.92 Å². The van der Waals surface area contributed by atoms with Gasteiger partial charge in [0, 0.05) is 41.0 Å². The van der Waals surface area contributed by atoms with Gasteiger partial charge in [0.15, 0.2) is 5.82 Å². The summed E-state index contributed by atoms with van der Waals surface area (Å²) < 4.78 is 0. The van der Waals surface area contributed by atoms with E-state index in [2.05, 4.69) is 35.7 Å². The molecule has 0 bridgehead atoms. The number of benzene rings is 1. The molecule has 0 saturated heterocycles. The number of aromatic amines is 1. The van der Waals surface area contributed by atoms with Crippen LogP contribution in [0.15, 0.2) is 48.9 Å². The highest BCUT2D eigenvalue weighted by Gasteiger charge is 2.16. The second kappa shape index (κ2) is 6.91. The Morgan fingerprint density at radius 3 is 2.67 bits per heavy atom. The van der Waals surface area contributed by atoms with Crippen LogP contribution in [0.25, 0.3) is 22.4 Å². The van der Waals surface area contributed by atoms with Gasteiger partial charge in [-0.05, 0) is 44.2 Å². The Bertz CT molecular complexity index is 1110. The van der Waals surface area contributed by atoms with E-state index in [9.17, 15) is 4.79 Å². The average molecular weight is 359 g/mol. The molecule has 0 spiro atoms. The van der Waals surface area contributed by atoms with E-state index in [-0.39, 0.29) is 11.9 Å². The maximum absolute atomic E-state index is 12.6. The molecule has 0 unspecified atom stereocenters. The van der Waals surface area contributed by atoms with Crippen LogP contribution in [0.1, 0.15) is 34.6 Å². The standard InChI is InChI=1S/C19H17N7O/c1-11-15(10-21-18(22-11)13-5-7-20-8-6-13)12(2)23-19(27)14-3-4-16-17(9-14)25-26-24-16/h3-10,12H,1-2H3,(H,23,27)(H,24,25,26)/t12-/m1/s1. The van der Waals surface area contributed by atoms with Crippen molar-refractivity contribution in [2.75, 3.05) is 0 Å². The van der Waals surface area contributed by atoms with Gasteiger partial charge < -0.3 is 5.32 Å². The summed E-state index contributed by atoms with van der Waals surface area (Å²) in [5, 5.41) is 13.5. The number of hydrogen-bond donors (Lipinski definition) is 2. The van der Waals surface area contributed by atoms with Gasteiger partial charge in [-0.3, -0.25) is 9.78 Å². The molecule has 8 nitrogen and oxygen atoms in total. The Labute approximate surface area is 155 Å². The van der Waals surface area contributed by atoms with Gasteiger partial charge in [0.2, 0.25) is 0 Å². The Hall–Kier alpha value is -3.68. The molecule has 0 aliphatic carbocycles. The molecule has 4 rings (SSSR count). The minimum absolute atomic E-state index is 0.190. The summed E-state index contributed by atoms with van der Waals surface area (Å²) in [6.07, 6.45) is 5.16. The van der Waals surface area contributed by atoms with E-state index >= 15 is 0 Å². The summed E-state index contributed by atoms with van der Waals surface area (Å²) in [6, 6.07) is 8.67. The van der Waals surface area contributed by atoms with E-state index < -0.39 is 0 Å². The van der Waals surface area contributed by atoms with Crippen LogP contribution < -0.4 is 5.32 Å². The van der Waals surface area contributed by atoms with Crippen LogP contribution >= 0.6 is 0 Å². The quantitative estimate of drug-likeness (QED) is 0.580. The molecule has 4 aromatic rings. The van der Waals surface area contributed by atoms with Crippen molar-refractivity contribution in [3.05, 3.63) is 65.7 Å². The number of aromatic nitrogens is 6. The molecular formula is C19H17N7O. The van der Waals surface area contributed by atoms with Crippen molar-refractivity contribution in [3.8, 4) is 11.4 Å². The van der Waals surface area contributed by atoms with Crippen molar-refractivity contribution in [1.29, 1.82) is 0 Å². The van der Waals surface area contributed by atoms with Gasteiger partial charge in [-0.25, -0.2) is 9.97 Å². The number of pyridine rings is 1. The summed E-state index contributed by atoms with van der Waals surface area (Å²) >= 11 is 0. The van der Waals surface area contributed by atoms with E-state index in [0.29, 0.717) is 16.9 Å². The van der Waals surface area contributed by atoms with Crippen LogP contribution in [0.4, 0.5) is 0 Å². The molecule has 1 atom stereocenters. The smallest absolute Gasteiger partial charge is 0.251 e. The number of carbonyl (C=O) groups is 1. The van der Waals surface area contributed by atoms with Crippen molar-refractivity contribution in [2.45, 2.75) is 19.9 Å². The van der Waals surface area contributed by atoms with Gasteiger partial charge in [-0.15, -0.1) is 0 Å². The number of carbonyl (C=O) groups excluding carboxylic acids is 1. The van der Waals surface area contributed by atoms with Crippen LogP contribution in [0.3, 0.4) is 0 Å². The van der Waals surface area contributed by atoms with E-state index in [1.165, 1.54) is 0 Å². The van der Waals surface area contributed by atoms with Crippen LogP contribution in [0.2, 0.25) is 0 Å². The highest BCUT2D eigenvalue weighted by molar-refractivity contribution is 5.97. The summed E-state index contributed by atoms with van der Waals surface area (Å²) in [6.45, 7) is 3.82. The van der Waals surface area contributed by atoms with E-state index in [1.807, 2.05) is 26.0 Å². The minimum atomic E-state index is -0.239. The van der Waals surface area contributed by atoms with Gasteiger partial charge in [-0.1, -0.05) is 0 Å². The van der Waals surface area contributed by atoms with Gasteiger partial charge in [0.05, 0.1) is 6.04 Å². The molecule has 3 heterocycles. The highest BCUT2D eigenvalue weighted by atomic mass is 16.1. The molecule has 0 aliphatic heterocycles. The van der Waals surface area contributed by atoms with Crippen molar-refractivity contribution in [1.82, 2.24) is 35.7 Å². The minimum Gasteiger partial charge on any atom is -0.345 e. The van der Waals surface area contributed by atoms with Crippen molar-refractivity contribution < 1.29 is 4.79 Å². The fourth-order valence-electron chi connectivity index (χ4n) is 2.88. The largest absolute Gasteiger partial charge is 0.345 e. The summed E-state index contributed by atoms with van der Waals surface area (Å²) in [5.41, 5.74) is 4.47. The number of fused-ring (bicyclic) bond motifs is 1. The first-order valence-electron chi connectivity index (χ1n) is 8.47. The molecule has 1 amide bonds. The molecule has 0 fully saturated rings. The normalized spacial score (nSPS) is 12.1. The zero-order valence-corrected chi connectivity index (χ0v) is 14.8. The molecule has 0 radical (unpaired) electrons. The fourth-order valence-corrected chi connectivity index (χ4v) is 2.88. The Morgan fingerprint density at radius 1 is 1.11 bits per heavy atom. The second-order valence-corrected chi connectivity index (χ2v) is 6.19. The van der Waals surface area contributed by atoms with E-state index in [4.69, 9.17) is 0 Å². The van der Waals surface area contributed by atoms with Crippen LogP contribution in [-0.4, -0.2) is 36.3 Å². The van der Waals surface area contributed by atoms with Crippen molar-refractivity contribution >= 4 is 16.9 Å². The highest BCUT2D eigenvalue weighted by Crippen LogP contribution is 2.20. The summed E-state index contributed by atoms with van der Waals surface area (Å²) in [5.74, 6) is 0.443. The fraction of sp³-hybridized carbons (Fsp3) is 0.158. The first kappa shape index (κ1) is 16.8. The predicted molar refractivity (Wildman–Crippen MR) is 99.8 cm³/mol. The third kappa shape index (κ3) is 3.37. The first-order chi connectivity index (χ1) is 13.1. The number of nitrogens with one attached hydrogen (secondary N) is 2. The molecule has 0 aliphatic rings. The number of hydrogen-bond acceptors (Lipinski definition) is 6. The maximum Gasteiger partial charge on any atom is 0.251 e. The van der Waals surface area contributed by atoms with Gasteiger partial charge in [0.25, 0.3) is 5.91 Å². The van der Waals surface area contributed by atoms with Crippen LogP contribution in [0.5, 0.6) is 0 Å². The first-order valence-corrected chi connectivity index (χ1v) is 8.47. The molecule has 8 heteroatoms. The lowest BCUT2D eigenvalue weighted by atomic mass is 10.1. The lowest BCUT2D eigenvalue weighted by Crippen LogP contribution is -2.27. The number of rotatable bonds is 4. The van der Waals surface area contributed by atoms with E-state index in [0.717, 1.165) is 22.3 Å². The zero-order chi connectivity index (χ0) is 18.8. The number of H-pyrrole nitrogens is 1. The Kier molecular flexibility index (Phi) is 4.29. The molecule has 1 aromatic carbocycles. The Morgan fingerprint density at radius 2 is 1.89 bits per heavy atom. The van der Waals surface area contributed by atoms with Gasteiger partial charge >= 0.3 is 0 Å². The molecular weight excluding hydrogens is 342 g/mol. The molecule has 0 saturated carbocycles. The molecule has 134 valence electrons. The monoisotopic (exact) mass is 359 g/mol. The lowest BCUT2D eigenvalue weighted by molar-refractivity contribution is 0.0940. The summed E-state index contributed by atoms with van der Waals surface area (Å²) in [7, 11) is 0. The van der Waals surface area contributed by atoms with Crippen molar-refractivity contribution in [3.63, 3.8) is 0 Å². The maximum atomic E-state index is 12.6. The number of amides is 1. The third-order valence-electron chi connectivity index (χ3n) is 4.35. The predicted octanol–water partition coefficient (Wildman–Crippen LogP) is 2.61. The SMILES string of the molecule is Cc1nc(-c2ccncc2)ncc1[C@@H](C)NC(=O)c1ccc2n[nH]nc2c1. The Balaban J connectivity index is 1.53. The van der Waals surface area contributed by atoms with Gasteiger partial charge in [0.1, 0.15) is 11.0 Å². The molecule has 2 N–H and O–H groups in total. The molecule has 27 heavy (non-hydrogen) atoms. The average Bonchev–Trinajstić information content (AvgIpc) is 3.16. The molecule has 3 aromatic heterocycles. The third-order valence-corrected chi connectivity index (χ3v) is 4.35. The zero-order valence-electron chi connectivity index (χ0n) is 14.8. The van der Waals surface area contributed by atoms with Crippen molar-refractivity contribution in [2.24, 2.45) is 0 Å². The second-order valence-electron chi connectivity index (χ2n) is 6.19. The summed E-state index contributed by atoms with van der Waals surface area (Å²) in [4.78, 5) is 25.6. The van der Waals surface area contributed by atoms with E-state index in [1.54, 1.807) is 36.8 Å². The number of aryl methyl sites for hydroxylation is 1. The van der Waals surface area contributed by atoms with Gasteiger partial charge in [-0.2, -0.15) is 15.4 Å². The van der Waals surface area contributed by atoms with Crippen LogP contribution in [-0.2, 0) is 0 Å².